The molecular weight excluding hydrogens is 330 g/mol. The van der Waals surface area contributed by atoms with Crippen LogP contribution in [-0.4, -0.2) is 21.1 Å². The molecule has 0 saturated carbocycles. The summed E-state index contributed by atoms with van der Waals surface area (Å²) in [4.78, 5) is 0.226. The first kappa shape index (κ1) is 16.5. The molecule has 0 fully saturated rings. The number of sulfonamides is 1. The lowest BCUT2D eigenvalue weighted by atomic mass is 10.0. The zero-order valence-electron chi connectivity index (χ0n) is 11.7. The van der Waals surface area contributed by atoms with Crippen molar-refractivity contribution in [3.8, 4) is 5.75 Å². The van der Waals surface area contributed by atoms with E-state index < -0.39 is 15.6 Å². The van der Waals surface area contributed by atoms with E-state index in [4.69, 9.17) is 4.74 Å². The molecule has 0 bridgehead atoms. The predicted octanol–water partition coefficient (Wildman–Crippen LogP) is 3.31. The highest BCUT2D eigenvalue weighted by Gasteiger charge is 2.25. The molecule has 0 atom stereocenters. The molecule has 0 radical (unpaired) electrons. The molecule has 6 heteroatoms. The quantitative estimate of drug-likeness (QED) is 0.856. The summed E-state index contributed by atoms with van der Waals surface area (Å²) >= 11 is 3.29. The first-order valence-corrected chi connectivity index (χ1v) is 8.37. The Morgan fingerprint density at radius 3 is 2.47 bits per heavy atom. The number of methoxy groups -OCH3 is 1. The zero-order valence-corrected chi connectivity index (χ0v) is 14.1. The van der Waals surface area contributed by atoms with Crippen LogP contribution in [0.5, 0.6) is 5.75 Å². The van der Waals surface area contributed by atoms with E-state index in [1.807, 2.05) is 20.8 Å². The van der Waals surface area contributed by atoms with E-state index in [9.17, 15) is 8.42 Å². The van der Waals surface area contributed by atoms with Crippen molar-refractivity contribution in [2.45, 2.75) is 44.0 Å². The number of halogens is 1. The van der Waals surface area contributed by atoms with E-state index in [2.05, 4.69) is 20.7 Å². The van der Waals surface area contributed by atoms with Gasteiger partial charge in [0.25, 0.3) is 0 Å². The standard InChI is InChI=1S/C13H20BrNO3S/c1-5-8-13(2,3)15-19(16,17)10-6-7-12(18-4)11(14)9-10/h6-7,9,15H,5,8H2,1-4H3. The van der Waals surface area contributed by atoms with Gasteiger partial charge in [-0.05, 0) is 54.4 Å². The average Bonchev–Trinajstić information content (AvgIpc) is 2.27. The molecule has 4 nitrogen and oxygen atoms in total. The molecule has 1 N–H and O–H groups in total. The molecule has 19 heavy (non-hydrogen) atoms. The highest BCUT2D eigenvalue weighted by Crippen LogP contribution is 2.28. The minimum absolute atomic E-state index is 0.226. The van der Waals surface area contributed by atoms with Crippen LogP contribution in [0.25, 0.3) is 0 Å². The van der Waals surface area contributed by atoms with Gasteiger partial charge in [0.1, 0.15) is 5.75 Å². The van der Waals surface area contributed by atoms with Crippen LogP contribution < -0.4 is 9.46 Å². The summed E-state index contributed by atoms with van der Waals surface area (Å²) in [6.07, 6.45) is 1.70. The molecule has 108 valence electrons. The third kappa shape index (κ3) is 4.47. The predicted molar refractivity (Wildman–Crippen MR) is 80.0 cm³/mol. The van der Waals surface area contributed by atoms with Crippen LogP contribution in [0.1, 0.15) is 33.6 Å². The summed E-state index contributed by atoms with van der Waals surface area (Å²) in [7, 11) is -1.98. The first-order chi connectivity index (χ1) is 8.72. The Hall–Kier alpha value is -0.590. The Morgan fingerprint density at radius 2 is 2.00 bits per heavy atom. The van der Waals surface area contributed by atoms with Crippen LogP contribution in [0, 0.1) is 0 Å². The van der Waals surface area contributed by atoms with Crippen LogP contribution in [0.4, 0.5) is 0 Å². The van der Waals surface area contributed by atoms with Gasteiger partial charge in [-0.3, -0.25) is 0 Å². The fourth-order valence-electron chi connectivity index (χ4n) is 1.91. The molecule has 0 heterocycles. The van der Waals surface area contributed by atoms with Crippen LogP contribution in [0.15, 0.2) is 27.6 Å². The Kier molecular flexibility index (Phi) is 5.41. The summed E-state index contributed by atoms with van der Waals surface area (Å²) in [5.74, 6) is 0.603. The molecule has 0 aromatic heterocycles. The third-order valence-corrected chi connectivity index (χ3v) is 5.03. The van der Waals surface area contributed by atoms with Gasteiger partial charge < -0.3 is 4.74 Å². The van der Waals surface area contributed by atoms with Gasteiger partial charge in [-0.2, -0.15) is 0 Å². The maximum Gasteiger partial charge on any atom is 0.241 e. The summed E-state index contributed by atoms with van der Waals surface area (Å²) in [6, 6.07) is 4.71. The zero-order chi connectivity index (χ0) is 14.7. The maximum absolute atomic E-state index is 12.3. The second-order valence-electron chi connectivity index (χ2n) is 5.04. The summed E-state index contributed by atoms with van der Waals surface area (Å²) < 4.78 is 33.0. The van der Waals surface area contributed by atoms with Crippen LogP contribution in [0.3, 0.4) is 0 Å². The van der Waals surface area contributed by atoms with Crippen molar-refractivity contribution < 1.29 is 13.2 Å². The maximum atomic E-state index is 12.3. The van der Waals surface area contributed by atoms with Crippen LogP contribution in [-0.2, 0) is 10.0 Å². The van der Waals surface area contributed by atoms with Gasteiger partial charge >= 0.3 is 0 Å². The number of benzene rings is 1. The van der Waals surface area contributed by atoms with Crippen molar-refractivity contribution >= 4 is 26.0 Å². The van der Waals surface area contributed by atoms with Gasteiger partial charge in [-0.1, -0.05) is 13.3 Å². The normalized spacial score (nSPS) is 12.5. The van der Waals surface area contributed by atoms with E-state index in [1.165, 1.54) is 13.2 Å². The lowest BCUT2D eigenvalue weighted by molar-refractivity contribution is 0.411. The monoisotopic (exact) mass is 349 g/mol. The van der Waals surface area contributed by atoms with Crippen molar-refractivity contribution in [3.05, 3.63) is 22.7 Å². The Balaban J connectivity index is 3.04. The van der Waals surface area contributed by atoms with Crippen molar-refractivity contribution in [3.63, 3.8) is 0 Å². The lowest BCUT2D eigenvalue weighted by Gasteiger charge is -2.25. The lowest BCUT2D eigenvalue weighted by Crippen LogP contribution is -2.43. The molecule has 1 rings (SSSR count). The molecule has 0 amide bonds. The highest BCUT2D eigenvalue weighted by molar-refractivity contribution is 9.10. The molecule has 0 aliphatic heterocycles. The molecule has 1 aromatic carbocycles. The average molecular weight is 350 g/mol. The largest absolute Gasteiger partial charge is 0.496 e. The van der Waals surface area contributed by atoms with Crippen molar-refractivity contribution in [2.75, 3.05) is 7.11 Å². The topological polar surface area (TPSA) is 55.4 Å². The minimum Gasteiger partial charge on any atom is -0.496 e. The summed E-state index contributed by atoms with van der Waals surface area (Å²) in [5.41, 5.74) is -0.458. The number of ether oxygens (including phenoxy) is 1. The summed E-state index contributed by atoms with van der Waals surface area (Å²) in [6.45, 7) is 5.79. The molecule has 0 unspecified atom stereocenters. The Labute approximate surface area is 123 Å². The van der Waals surface area contributed by atoms with Gasteiger partial charge in [0.2, 0.25) is 10.0 Å². The summed E-state index contributed by atoms with van der Waals surface area (Å²) in [5, 5.41) is 0. The van der Waals surface area contributed by atoms with E-state index in [0.29, 0.717) is 10.2 Å². The highest BCUT2D eigenvalue weighted by atomic mass is 79.9. The van der Waals surface area contributed by atoms with Gasteiger partial charge in [-0.15, -0.1) is 0 Å². The van der Waals surface area contributed by atoms with Gasteiger partial charge in [0.05, 0.1) is 16.5 Å². The first-order valence-electron chi connectivity index (χ1n) is 6.09. The molecule has 0 aliphatic rings. The molecule has 0 spiro atoms. The smallest absolute Gasteiger partial charge is 0.241 e. The van der Waals surface area contributed by atoms with Gasteiger partial charge in [0.15, 0.2) is 0 Å². The SMILES string of the molecule is CCCC(C)(C)NS(=O)(=O)c1ccc(OC)c(Br)c1. The second kappa shape index (κ2) is 6.24. The van der Waals surface area contributed by atoms with Crippen molar-refractivity contribution in [1.29, 1.82) is 0 Å². The number of nitrogens with one attached hydrogen (secondary N) is 1. The van der Waals surface area contributed by atoms with Crippen molar-refractivity contribution in [2.24, 2.45) is 0 Å². The second-order valence-corrected chi connectivity index (χ2v) is 7.57. The Morgan fingerprint density at radius 1 is 1.37 bits per heavy atom. The minimum atomic E-state index is -3.52. The van der Waals surface area contributed by atoms with Gasteiger partial charge in [-0.25, -0.2) is 13.1 Å². The Bertz CT molecular complexity index is 541. The number of hydrogen-bond donors (Lipinski definition) is 1. The van der Waals surface area contributed by atoms with E-state index in [0.717, 1.165) is 12.8 Å². The van der Waals surface area contributed by atoms with Crippen LogP contribution in [0.2, 0.25) is 0 Å². The van der Waals surface area contributed by atoms with Crippen molar-refractivity contribution in [1.82, 2.24) is 4.72 Å². The number of rotatable bonds is 6. The molecule has 1 aromatic rings. The van der Waals surface area contributed by atoms with E-state index >= 15 is 0 Å². The fraction of sp³-hybridized carbons (Fsp3) is 0.538. The fourth-order valence-corrected chi connectivity index (χ4v) is 4.07. The number of hydrogen-bond acceptors (Lipinski definition) is 3. The van der Waals surface area contributed by atoms with Gasteiger partial charge in [0, 0.05) is 5.54 Å². The van der Waals surface area contributed by atoms with Crippen LogP contribution >= 0.6 is 15.9 Å². The third-order valence-electron chi connectivity index (χ3n) is 2.72. The molecular formula is C13H20BrNO3S. The van der Waals surface area contributed by atoms with E-state index in [1.54, 1.807) is 12.1 Å². The van der Waals surface area contributed by atoms with E-state index in [-0.39, 0.29) is 4.90 Å². The molecule has 0 aliphatic carbocycles. The molecule has 0 saturated heterocycles.